The minimum Gasteiger partial charge on any atom is -0.508 e. The Morgan fingerprint density at radius 2 is 1.88 bits per heavy atom. The molecule has 2 heterocycles. The van der Waals surface area contributed by atoms with Crippen LogP contribution in [-0.2, 0) is 0 Å². The van der Waals surface area contributed by atoms with Crippen LogP contribution in [0.5, 0.6) is 5.75 Å². The molecule has 1 aliphatic carbocycles. The first-order chi connectivity index (χ1) is 12.3. The van der Waals surface area contributed by atoms with E-state index in [-0.39, 0.29) is 5.75 Å². The molecular formula is C20H26N4O. The number of benzene rings is 1. The number of hydrogen-bond acceptors (Lipinski definition) is 4. The van der Waals surface area contributed by atoms with Crippen LogP contribution in [-0.4, -0.2) is 25.7 Å². The highest BCUT2D eigenvalue weighted by Crippen LogP contribution is 2.24. The second-order valence-electron chi connectivity index (χ2n) is 6.15. The minimum absolute atomic E-state index is 0.276. The van der Waals surface area contributed by atoms with Gasteiger partial charge in [0, 0.05) is 23.8 Å². The van der Waals surface area contributed by atoms with Crippen LogP contribution >= 0.6 is 0 Å². The summed E-state index contributed by atoms with van der Waals surface area (Å²) in [6.07, 6.45) is 10.0. The molecule has 1 aliphatic rings. The topological polar surface area (TPSA) is 63.0 Å². The van der Waals surface area contributed by atoms with Crippen LogP contribution in [0.25, 0.3) is 16.7 Å². The Kier molecular flexibility index (Phi) is 5.53. The molecule has 3 aromatic rings. The highest BCUT2D eigenvalue weighted by molar-refractivity contribution is 5.83. The van der Waals surface area contributed by atoms with Gasteiger partial charge in [-0.15, -0.1) is 0 Å². The number of phenols is 1. The SMILES string of the molecule is CC.Oc1ccc2c(ccn2-c2ccnc(NC3CCCCC3)n2)c1. The molecule has 4 rings (SSSR count). The number of nitrogens with zero attached hydrogens (tertiary/aromatic N) is 3. The molecule has 1 aromatic carbocycles. The number of fused-ring (bicyclic) bond motifs is 1. The summed E-state index contributed by atoms with van der Waals surface area (Å²) in [4.78, 5) is 9.02. The van der Waals surface area contributed by atoms with Gasteiger partial charge < -0.3 is 15.0 Å². The first-order valence-electron chi connectivity index (χ1n) is 9.20. The van der Waals surface area contributed by atoms with Crippen LogP contribution in [0.1, 0.15) is 46.0 Å². The van der Waals surface area contributed by atoms with Gasteiger partial charge in [-0.2, -0.15) is 4.98 Å². The van der Waals surface area contributed by atoms with Gasteiger partial charge in [0.15, 0.2) is 0 Å². The maximum atomic E-state index is 9.59. The first kappa shape index (κ1) is 17.3. The lowest BCUT2D eigenvalue weighted by molar-refractivity contribution is 0.461. The molecule has 25 heavy (non-hydrogen) atoms. The fraction of sp³-hybridized carbons (Fsp3) is 0.400. The zero-order chi connectivity index (χ0) is 17.6. The molecule has 0 amide bonds. The van der Waals surface area contributed by atoms with Gasteiger partial charge in [0.2, 0.25) is 5.95 Å². The van der Waals surface area contributed by atoms with Gasteiger partial charge in [0.25, 0.3) is 0 Å². The second-order valence-corrected chi connectivity index (χ2v) is 6.15. The van der Waals surface area contributed by atoms with Crippen molar-refractivity contribution >= 4 is 16.9 Å². The number of hydrogen-bond donors (Lipinski definition) is 2. The fourth-order valence-electron chi connectivity index (χ4n) is 3.31. The summed E-state index contributed by atoms with van der Waals surface area (Å²) in [5, 5.41) is 14.0. The van der Waals surface area contributed by atoms with Gasteiger partial charge in [-0.25, -0.2) is 4.98 Å². The molecule has 2 aromatic heterocycles. The van der Waals surface area contributed by atoms with E-state index in [0.717, 1.165) is 16.7 Å². The number of aromatic nitrogens is 3. The molecule has 1 fully saturated rings. The van der Waals surface area contributed by atoms with Gasteiger partial charge in [-0.05, 0) is 43.2 Å². The zero-order valence-electron chi connectivity index (χ0n) is 14.9. The smallest absolute Gasteiger partial charge is 0.224 e. The molecule has 0 saturated heterocycles. The quantitative estimate of drug-likeness (QED) is 0.713. The van der Waals surface area contributed by atoms with Crippen molar-refractivity contribution in [2.75, 3.05) is 5.32 Å². The lowest BCUT2D eigenvalue weighted by Crippen LogP contribution is -2.23. The average molecular weight is 338 g/mol. The second kappa shape index (κ2) is 8.01. The van der Waals surface area contributed by atoms with Crippen LogP contribution in [0, 0.1) is 0 Å². The van der Waals surface area contributed by atoms with Crippen LogP contribution in [0.15, 0.2) is 42.7 Å². The van der Waals surface area contributed by atoms with Crippen molar-refractivity contribution in [3.05, 3.63) is 42.7 Å². The highest BCUT2D eigenvalue weighted by Gasteiger charge is 2.14. The molecular weight excluding hydrogens is 312 g/mol. The Labute approximate surface area is 148 Å². The van der Waals surface area contributed by atoms with Crippen LogP contribution in [0.4, 0.5) is 5.95 Å². The van der Waals surface area contributed by atoms with Gasteiger partial charge in [0.05, 0.1) is 5.52 Å². The molecule has 0 bridgehead atoms. The van der Waals surface area contributed by atoms with E-state index in [2.05, 4.69) is 15.3 Å². The summed E-state index contributed by atoms with van der Waals surface area (Å²) in [6.45, 7) is 4.00. The molecule has 1 saturated carbocycles. The summed E-state index contributed by atoms with van der Waals surface area (Å²) in [6, 6.07) is 9.72. The monoisotopic (exact) mass is 338 g/mol. The predicted octanol–water partition coefficient (Wildman–Crippen LogP) is 4.90. The summed E-state index contributed by atoms with van der Waals surface area (Å²) in [5.74, 6) is 1.80. The first-order valence-corrected chi connectivity index (χ1v) is 9.20. The number of phenolic OH excluding ortho intramolecular Hbond substituents is 1. The van der Waals surface area contributed by atoms with E-state index in [1.54, 1.807) is 18.3 Å². The minimum atomic E-state index is 0.276. The van der Waals surface area contributed by atoms with Crippen molar-refractivity contribution in [1.29, 1.82) is 0 Å². The summed E-state index contributed by atoms with van der Waals surface area (Å²) in [7, 11) is 0. The van der Waals surface area contributed by atoms with Crippen molar-refractivity contribution in [1.82, 2.24) is 14.5 Å². The van der Waals surface area contributed by atoms with Crippen molar-refractivity contribution < 1.29 is 5.11 Å². The standard InChI is InChI=1S/C18H20N4O.C2H6/c23-15-6-7-16-13(12-15)9-11-22(16)17-8-10-19-18(21-17)20-14-4-2-1-3-5-14;1-2/h6-12,14,23H,1-5H2,(H,19,20,21);1-2H3. The molecule has 132 valence electrons. The van der Waals surface area contributed by atoms with Gasteiger partial charge in [-0.3, -0.25) is 0 Å². The fourth-order valence-corrected chi connectivity index (χ4v) is 3.31. The number of rotatable bonds is 3. The Bertz CT molecular complexity index is 821. The predicted molar refractivity (Wildman–Crippen MR) is 102 cm³/mol. The molecule has 5 heteroatoms. The van der Waals surface area contributed by atoms with E-state index < -0.39 is 0 Å². The third kappa shape index (κ3) is 3.92. The Morgan fingerprint density at radius 1 is 1.08 bits per heavy atom. The molecule has 0 atom stereocenters. The van der Waals surface area contributed by atoms with E-state index in [4.69, 9.17) is 0 Å². The third-order valence-electron chi connectivity index (χ3n) is 4.50. The molecule has 0 unspecified atom stereocenters. The van der Waals surface area contributed by atoms with Crippen LogP contribution in [0.2, 0.25) is 0 Å². The van der Waals surface area contributed by atoms with Gasteiger partial charge in [-0.1, -0.05) is 33.1 Å². The van der Waals surface area contributed by atoms with Gasteiger partial charge >= 0.3 is 0 Å². The van der Waals surface area contributed by atoms with E-state index in [0.29, 0.717) is 12.0 Å². The van der Waals surface area contributed by atoms with Crippen molar-refractivity contribution in [2.45, 2.75) is 52.0 Å². The Hall–Kier alpha value is -2.56. The molecule has 0 spiro atoms. The molecule has 5 nitrogen and oxygen atoms in total. The van der Waals surface area contributed by atoms with E-state index in [1.165, 1.54) is 32.1 Å². The average Bonchev–Trinajstić information content (AvgIpc) is 3.07. The highest BCUT2D eigenvalue weighted by atomic mass is 16.3. The summed E-state index contributed by atoms with van der Waals surface area (Å²) >= 11 is 0. The lowest BCUT2D eigenvalue weighted by Gasteiger charge is -2.22. The zero-order valence-corrected chi connectivity index (χ0v) is 14.9. The molecule has 0 radical (unpaired) electrons. The maximum absolute atomic E-state index is 9.59. The lowest BCUT2D eigenvalue weighted by atomic mass is 9.96. The summed E-state index contributed by atoms with van der Waals surface area (Å²) in [5.41, 5.74) is 1.02. The molecule has 0 aliphatic heterocycles. The third-order valence-corrected chi connectivity index (χ3v) is 4.50. The van der Waals surface area contributed by atoms with E-state index in [1.807, 2.05) is 42.8 Å². The van der Waals surface area contributed by atoms with Crippen LogP contribution in [0.3, 0.4) is 0 Å². The van der Waals surface area contributed by atoms with E-state index >= 15 is 0 Å². The maximum Gasteiger partial charge on any atom is 0.224 e. The van der Waals surface area contributed by atoms with Crippen molar-refractivity contribution in [2.24, 2.45) is 0 Å². The van der Waals surface area contributed by atoms with Gasteiger partial charge in [0.1, 0.15) is 11.6 Å². The van der Waals surface area contributed by atoms with E-state index in [9.17, 15) is 5.11 Å². The number of nitrogens with one attached hydrogen (secondary N) is 1. The van der Waals surface area contributed by atoms with Crippen LogP contribution < -0.4 is 5.32 Å². The Balaban J connectivity index is 0.000000880. The summed E-state index contributed by atoms with van der Waals surface area (Å²) < 4.78 is 2.02. The van der Waals surface area contributed by atoms with Crippen molar-refractivity contribution in [3.8, 4) is 11.6 Å². The molecule has 2 N–H and O–H groups in total. The normalized spacial score (nSPS) is 14.8. The largest absolute Gasteiger partial charge is 0.508 e. The van der Waals surface area contributed by atoms with Crippen molar-refractivity contribution in [3.63, 3.8) is 0 Å². The Morgan fingerprint density at radius 3 is 2.68 bits per heavy atom. The number of aromatic hydroxyl groups is 1. The number of anilines is 1.